The summed E-state index contributed by atoms with van der Waals surface area (Å²) in [4.78, 5) is 10.8. The van der Waals surface area contributed by atoms with E-state index in [1.807, 2.05) is 0 Å². The van der Waals surface area contributed by atoms with Crippen molar-refractivity contribution >= 4 is 85.6 Å². The predicted octanol–water partition coefficient (Wildman–Crippen LogP) is 10.2. The van der Waals surface area contributed by atoms with Gasteiger partial charge in [-0.3, -0.25) is 0 Å². The van der Waals surface area contributed by atoms with Crippen molar-refractivity contribution in [2.45, 2.75) is 0 Å². The van der Waals surface area contributed by atoms with Crippen molar-refractivity contribution in [3.05, 3.63) is 144 Å². The fraction of sp³-hybridized carbons (Fsp3) is 0. The summed E-state index contributed by atoms with van der Waals surface area (Å²) in [5, 5.41) is 13.6. The molecule has 0 saturated carbocycles. The molecule has 0 N–H and O–H groups in total. The summed E-state index contributed by atoms with van der Waals surface area (Å²) in [5.41, 5.74) is 1.90. The summed E-state index contributed by atoms with van der Waals surface area (Å²) in [6.45, 7) is 0. The maximum atomic E-state index is 5.40. The molecule has 5 heteroatoms. The number of fused-ring (bicyclic) bond motifs is 2. The molecule has 0 aliphatic heterocycles. The molecule has 0 aliphatic rings. The third kappa shape index (κ3) is 4.61. The monoisotopic (exact) mass is 610 g/mol. The van der Waals surface area contributed by atoms with Crippen molar-refractivity contribution in [2.75, 3.05) is 0 Å². The molecule has 2 nitrogen and oxygen atoms in total. The average molecular weight is 612 g/mol. The van der Waals surface area contributed by atoms with Gasteiger partial charge in [0.1, 0.15) is 0 Å². The van der Waals surface area contributed by atoms with Crippen molar-refractivity contribution in [3.63, 3.8) is 0 Å². The van der Waals surface area contributed by atoms with E-state index < -0.39 is 0 Å². The van der Waals surface area contributed by atoms with Gasteiger partial charge in [0, 0.05) is 21.5 Å². The first kappa shape index (κ1) is 25.9. The molecule has 8 aromatic carbocycles. The standard InChI is InChI=1S/C36H22N2.2ClH.Ni/c1-3-15-27-23(9-1)11-7-19-31(27)37-35-29-17-5-13-25-21-22-26-14-6-18-30(34(26)33(25)29)36(35)38-32-20-8-12-24-10-2-4-16-28(24)32;;;/h1-22H;2*1H;/q;;;+2/p-2. The minimum Gasteiger partial charge on any atom is -0.245 e. The predicted molar refractivity (Wildman–Crippen MR) is 171 cm³/mol. The summed E-state index contributed by atoms with van der Waals surface area (Å²) >= 11 is 0.569. The van der Waals surface area contributed by atoms with Crippen molar-refractivity contribution < 1.29 is 12.7 Å². The van der Waals surface area contributed by atoms with E-state index in [0.29, 0.717) is 12.7 Å². The molecule has 0 spiro atoms. The van der Waals surface area contributed by atoms with Crippen LogP contribution in [-0.2, 0) is 12.7 Å². The zero-order chi connectivity index (χ0) is 27.8. The number of rotatable bonds is 2. The summed E-state index contributed by atoms with van der Waals surface area (Å²) < 4.78 is 0. The van der Waals surface area contributed by atoms with Gasteiger partial charge in [-0.15, -0.1) is 0 Å². The van der Waals surface area contributed by atoms with Gasteiger partial charge < -0.3 is 0 Å². The summed E-state index contributed by atoms with van der Waals surface area (Å²) in [6, 6.07) is 47.0. The van der Waals surface area contributed by atoms with Crippen LogP contribution in [0.1, 0.15) is 0 Å². The van der Waals surface area contributed by atoms with Crippen LogP contribution in [0, 0.1) is 0 Å². The second-order valence-corrected chi connectivity index (χ2v) is 11.5. The Labute approximate surface area is 251 Å². The normalized spacial score (nSPS) is 12.6. The maximum Gasteiger partial charge on any atom is 0.0979 e. The van der Waals surface area contributed by atoms with Crippen LogP contribution < -0.4 is 10.7 Å². The van der Waals surface area contributed by atoms with Crippen molar-refractivity contribution in [1.82, 2.24) is 0 Å². The molecule has 8 rings (SSSR count). The van der Waals surface area contributed by atoms with Gasteiger partial charge in [0.2, 0.25) is 0 Å². The Morgan fingerprint density at radius 2 is 0.707 bits per heavy atom. The molecule has 0 aliphatic carbocycles. The molecule has 200 valence electrons. The van der Waals surface area contributed by atoms with Crippen LogP contribution in [-0.4, -0.2) is 0 Å². The second kappa shape index (κ2) is 11.1. The average Bonchev–Trinajstić information content (AvgIpc) is 3.02. The first-order chi connectivity index (χ1) is 20.3. The van der Waals surface area contributed by atoms with Crippen LogP contribution in [0.25, 0.3) is 53.9 Å². The van der Waals surface area contributed by atoms with Crippen molar-refractivity contribution in [1.29, 1.82) is 0 Å². The SMILES string of the molecule is [Cl][Ni][Cl].c1ccc2c(N=c3c(=Nc4cccc5ccccc45)c4cccc5ccc6cccc3c6c54)cccc2c1. The van der Waals surface area contributed by atoms with E-state index in [2.05, 4.69) is 133 Å². The van der Waals surface area contributed by atoms with Crippen LogP contribution in [0.15, 0.2) is 143 Å². The number of benzene rings is 8. The van der Waals surface area contributed by atoms with Gasteiger partial charge in [0.15, 0.2) is 0 Å². The van der Waals surface area contributed by atoms with Crippen LogP contribution in [0.5, 0.6) is 0 Å². The van der Waals surface area contributed by atoms with E-state index >= 15 is 0 Å². The number of hydrogen-bond donors (Lipinski definition) is 0. The molecule has 0 fully saturated rings. The van der Waals surface area contributed by atoms with E-state index in [-0.39, 0.29) is 0 Å². The molecule has 8 aromatic rings. The van der Waals surface area contributed by atoms with Gasteiger partial charge in [0.05, 0.1) is 22.1 Å². The van der Waals surface area contributed by atoms with Crippen LogP contribution in [0.4, 0.5) is 11.4 Å². The Bertz CT molecular complexity index is 2160. The number of halogens is 2. The Morgan fingerprint density at radius 1 is 0.366 bits per heavy atom. The fourth-order valence-corrected chi connectivity index (χ4v) is 5.88. The van der Waals surface area contributed by atoms with Crippen LogP contribution >= 0.6 is 20.4 Å². The maximum absolute atomic E-state index is 5.40. The first-order valence-electron chi connectivity index (χ1n) is 13.2. The molecular formula is C36H22Cl2N2Ni. The molecular weight excluding hydrogens is 590 g/mol. The zero-order valence-electron chi connectivity index (χ0n) is 21.7. The Hall–Kier alpha value is -4.01. The molecule has 0 atom stereocenters. The quantitative estimate of drug-likeness (QED) is 0.137. The smallest absolute Gasteiger partial charge is 0.0979 e. The van der Waals surface area contributed by atoms with E-state index in [1.165, 1.54) is 32.3 Å². The molecule has 0 aromatic heterocycles. The zero-order valence-corrected chi connectivity index (χ0v) is 24.2. The number of nitrogens with zero attached hydrogens (tertiary/aromatic N) is 2. The second-order valence-electron chi connectivity index (χ2n) is 9.84. The molecule has 0 radical (unpaired) electrons. The van der Waals surface area contributed by atoms with E-state index in [1.54, 1.807) is 0 Å². The minimum absolute atomic E-state index is 0.569. The Balaban J connectivity index is 0.000000884. The van der Waals surface area contributed by atoms with E-state index in [9.17, 15) is 0 Å². The fourth-order valence-electron chi connectivity index (χ4n) is 5.88. The van der Waals surface area contributed by atoms with Crippen molar-refractivity contribution in [2.24, 2.45) is 9.98 Å². The first-order valence-corrected chi connectivity index (χ1v) is 15.9. The third-order valence-corrected chi connectivity index (χ3v) is 7.62. The van der Waals surface area contributed by atoms with Crippen LogP contribution in [0.2, 0.25) is 0 Å². The molecule has 0 unspecified atom stereocenters. The molecule has 0 saturated heterocycles. The topological polar surface area (TPSA) is 24.7 Å². The van der Waals surface area contributed by atoms with Gasteiger partial charge >= 0.3 is 33.0 Å². The summed E-state index contributed by atoms with van der Waals surface area (Å²) in [7, 11) is 9.40. The van der Waals surface area contributed by atoms with Gasteiger partial charge in [-0.05, 0) is 44.5 Å². The summed E-state index contributed by atoms with van der Waals surface area (Å²) in [6.07, 6.45) is 0. The van der Waals surface area contributed by atoms with Gasteiger partial charge in [0.25, 0.3) is 0 Å². The van der Waals surface area contributed by atoms with Crippen molar-refractivity contribution in [3.8, 4) is 0 Å². The van der Waals surface area contributed by atoms with E-state index in [4.69, 9.17) is 30.4 Å². The van der Waals surface area contributed by atoms with Gasteiger partial charge in [-0.25, -0.2) is 9.98 Å². The Kier molecular flexibility index (Phi) is 7.02. The third-order valence-electron chi connectivity index (χ3n) is 7.62. The molecule has 41 heavy (non-hydrogen) atoms. The minimum atomic E-state index is 0.569. The van der Waals surface area contributed by atoms with E-state index in [0.717, 1.165) is 43.6 Å². The molecule has 0 bridgehead atoms. The summed E-state index contributed by atoms with van der Waals surface area (Å²) in [5.74, 6) is 0. The largest absolute Gasteiger partial charge is 0.245 e. The van der Waals surface area contributed by atoms with Gasteiger partial charge in [-0.2, -0.15) is 0 Å². The van der Waals surface area contributed by atoms with Gasteiger partial charge in [-0.1, -0.05) is 121 Å². The molecule has 0 heterocycles. The van der Waals surface area contributed by atoms with Crippen LogP contribution in [0.3, 0.4) is 0 Å². The number of hydrogen-bond acceptors (Lipinski definition) is 2. The molecule has 0 amide bonds. The Morgan fingerprint density at radius 3 is 1.17 bits per heavy atom.